The average Bonchev–Trinajstić information content (AvgIpc) is 3.84. The van der Waals surface area contributed by atoms with Crippen LogP contribution in [0.1, 0.15) is 43.7 Å². The molecule has 5 aromatic rings. The Morgan fingerprint density at radius 1 is 0.877 bits per heavy atom. The summed E-state index contributed by atoms with van der Waals surface area (Å²) in [5.41, 5.74) is -0.0975. The number of nitrogens with zero attached hydrogens (tertiary/aromatic N) is 5. The van der Waals surface area contributed by atoms with Crippen molar-refractivity contribution < 1.29 is 41.3 Å². The number of methoxy groups -OCH3 is 2. The first-order valence-corrected chi connectivity index (χ1v) is 21.0. The van der Waals surface area contributed by atoms with Crippen molar-refractivity contribution >= 4 is 14.2 Å². The van der Waals surface area contributed by atoms with E-state index in [1.807, 2.05) is 88.5 Å². The molecule has 6 rings (SSSR count). The third-order valence-electron chi connectivity index (χ3n) is 10.5. The standard InChI is InChI=1S/C40H45F3N6O7Si/c1-38(2,3)57(6,7)56-34-31(55-35(33(34)47-36(50)40(41,42)43)48-22-21-32(46-37(48)51)49-25-44-24-45-49)23-54-39(26-11-9-8-10-12-26,27-13-17-29(52-4)18-14-27)28-15-19-30(53-5)20-16-28/h8-22,24-25,31,33-35H,23H2,1-7H3,(H,47,50)/t31-,33-,34-,35-/m1/s1. The summed E-state index contributed by atoms with van der Waals surface area (Å²) >= 11 is 0. The van der Waals surface area contributed by atoms with Crippen LogP contribution in [0.25, 0.3) is 5.82 Å². The minimum Gasteiger partial charge on any atom is -0.497 e. The van der Waals surface area contributed by atoms with Crippen molar-refractivity contribution in [2.24, 2.45) is 0 Å². The lowest BCUT2D eigenvalue weighted by atomic mass is 9.80. The minimum atomic E-state index is -5.26. The summed E-state index contributed by atoms with van der Waals surface area (Å²) in [6, 6.07) is 24.0. The summed E-state index contributed by atoms with van der Waals surface area (Å²) in [6.07, 6.45) is -5.21. The van der Waals surface area contributed by atoms with Crippen LogP contribution in [0.4, 0.5) is 13.2 Å². The van der Waals surface area contributed by atoms with Gasteiger partial charge in [0.15, 0.2) is 20.4 Å². The number of rotatable bonds is 13. The normalized spacial score (nSPS) is 19.0. The Balaban J connectivity index is 1.50. The minimum absolute atomic E-state index is 0.114. The van der Waals surface area contributed by atoms with Crippen LogP contribution in [0.5, 0.6) is 11.5 Å². The molecule has 1 amide bonds. The lowest BCUT2D eigenvalue weighted by molar-refractivity contribution is -0.175. The van der Waals surface area contributed by atoms with E-state index in [1.54, 1.807) is 38.5 Å². The van der Waals surface area contributed by atoms with E-state index in [4.69, 9.17) is 23.4 Å². The highest BCUT2D eigenvalue weighted by molar-refractivity contribution is 6.74. The highest BCUT2D eigenvalue weighted by atomic mass is 28.4. The van der Waals surface area contributed by atoms with Gasteiger partial charge in [-0.2, -0.15) is 23.3 Å². The van der Waals surface area contributed by atoms with Crippen LogP contribution in [0.2, 0.25) is 18.1 Å². The molecule has 17 heteroatoms. The Bertz CT molecular complexity index is 2130. The van der Waals surface area contributed by atoms with E-state index in [9.17, 15) is 22.8 Å². The van der Waals surface area contributed by atoms with Crippen molar-refractivity contribution in [3.8, 4) is 17.3 Å². The molecule has 0 aliphatic carbocycles. The van der Waals surface area contributed by atoms with Crippen LogP contribution in [0.15, 0.2) is 109 Å². The van der Waals surface area contributed by atoms with E-state index in [0.717, 1.165) is 10.1 Å². The smallest absolute Gasteiger partial charge is 0.471 e. The molecule has 0 bridgehead atoms. The van der Waals surface area contributed by atoms with E-state index >= 15 is 0 Å². The van der Waals surface area contributed by atoms with Crippen LogP contribution >= 0.6 is 0 Å². The number of ether oxygens (including phenoxy) is 4. The second kappa shape index (κ2) is 16.2. The molecule has 1 aliphatic heterocycles. The van der Waals surface area contributed by atoms with Gasteiger partial charge in [0.1, 0.15) is 41.9 Å². The SMILES string of the molecule is COc1ccc(C(OC[C@H]2O[C@@H](n3ccc(-n4cncn4)nc3=O)[C@H](NC(=O)C(F)(F)F)[C@@H]2O[Si](C)(C)C(C)(C)C)(c2ccccc2)c2ccc(OC)cc2)cc1. The number of halogens is 3. The molecule has 1 fully saturated rings. The van der Waals surface area contributed by atoms with Gasteiger partial charge in [-0.05, 0) is 65.2 Å². The number of hydrogen-bond donors (Lipinski definition) is 1. The number of hydrogen-bond acceptors (Lipinski definition) is 10. The second-order valence-corrected chi connectivity index (χ2v) is 19.8. The highest BCUT2D eigenvalue weighted by Crippen LogP contribution is 2.45. The number of aromatic nitrogens is 5. The fraction of sp³-hybridized carbons (Fsp3) is 0.375. The summed E-state index contributed by atoms with van der Waals surface area (Å²) in [5, 5.41) is 5.70. The van der Waals surface area contributed by atoms with Gasteiger partial charge in [0, 0.05) is 6.20 Å². The van der Waals surface area contributed by atoms with E-state index in [0.29, 0.717) is 22.6 Å². The predicted molar refractivity (Wildman–Crippen MR) is 206 cm³/mol. The van der Waals surface area contributed by atoms with Crippen molar-refractivity contribution in [3.05, 3.63) is 131 Å². The molecule has 3 aromatic carbocycles. The third-order valence-corrected chi connectivity index (χ3v) is 15.0. The van der Waals surface area contributed by atoms with Gasteiger partial charge in [0.2, 0.25) is 0 Å². The van der Waals surface area contributed by atoms with Gasteiger partial charge in [-0.15, -0.1) is 0 Å². The van der Waals surface area contributed by atoms with Crippen LogP contribution in [-0.2, 0) is 24.3 Å². The van der Waals surface area contributed by atoms with Crippen molar-refractivity contribution in [2.45, 2.75) is 75.2 Å². The van der Waals surface area contributed by atoms with Crippen LogP contribution in [0.3, 0.4) is 0 Å². The second-order valence-electron chi connectivity index (χ2n) is 15.0. The molecule has 3 heterocycles. The molecular weight excluding hydrogens is 762 g/mol. The molecule has 57 heavy (non-hydrogen) atoms. The lowest BCUT2D eigenvalue weighted by Crippen LogP contribution is -2.56. The molecule has 1 saturated heterocycles. The summed E-state index contributed by atoms with van der Waals surface area (Å²) in [7, 11) is 0.279. The maximum atomic E-state index is 14.0. The van der Waals surface area contributed by atoms with Crippen molar-refractivity contribution in [1.82, 2.24) is 29.6 Å². The average molecular weight is 807 g/mol. The van der Waals surface area contributed by atoms with Gasteiger partial charge in [-0.3, -0.25) is 9.36 Å². The summed E-state index contributed by atoms with van der Waals surface area (Å²) < 4.78 is 75.9. The topological polar surface area (TPSA) is 141 Å². The molecule has 0 radical (unpaired) electrons. The van der Waals surface area contributed by atoms with E-state index in [-0.39, 0.29) is 12.4 Å². The molecule has 13 nitrogen and oxygen atoms in total. The molecule has 1 N–H and O–H groups in total. The van der Waals surface area contributed by atoms with E-state index < -0.39 is 61.2 Å². The Morgan fingerprint density at radius 3 is 1.95 bits per heavy atom. The van der Waals surface area contributed by atoms with Gasteiger partial charge in [0.25, 0.3) is 0 Å². The van der Waals surface area contributed by atoms with Crippen LogP contribution in [-0.4, -0.2) is 83.8 Å². The molecule has 0 saturated carbocycles. The maximum absolute atomic E-state index is 14.0. The Labute approximate surface area is 328 Å². The first-order valence-electron chi connectivity index (χ1n) is 18.1. The molecule has 0 unspecified atom stereocenters. The number of carbonyl (C=O) groups is 1. The summed E-state index contributed by atoms with van der Waals surface area (Å²) in [4.78, 5) is 34.4. The highest BCUT2D eigenvalue weighted by Gasteiger charge is 2.54. The zero-order valence-corrected chi connectivity index (χ0v) is 33.6. The zero-order valence-electron chi connectivity index (χ0n) is 32.6. The first kappa shape index (κ1) is 41.3. The summed E-state index contributed by atoms with van der Waals surface area (Å²) in [6.45, 7) is 9.53. The lowest BCUT2D eigenvalue weighted by Gasteiger charge is -2.41. The van der Waals surface area contributed by atoms with Crippen molar-refractivity contribution in [2.75, 3.05) is 20.8 Å². The fourth-order valence-electron chi connectivity index (χ4n) is 6.49. The van der Waals surface area contributed by atoms with Crippen molar-refractivity contribution in [1.29, 1.82) is 0 Å². The number of carbonyl (C=O) groups excluding carboxylic acids is 1. The third kappa shape index (κ3) is 8.51. The predicted octanol–water partition coefficient (Wildman–Crippen LogP) is 6.18. The molecular formula is C40H45F3N6O7Si. The molecule has 0 spiro atoms. The summed E-state index contributed by atoms with van der Waals surface area (Å²) in [5.74, 6) is -0.889. The van der Waals surface area contributed by atoms with Gasteiger partial charge >= 0.3 is 17.8 Å². The maximum Gasteiger partial charge on any atom is 0.471 e. The molecule has 2 aromatic heterocycles. The largest absolute Gasteiger partial charge is 0.497 e. The Morgan fingerprint density at radius 2 is 1.46 bits per heavy atom. The van der Waals surface area contributed by atoms with Crippen LogP contribution < -0.4 is 20.5 Å². The van der Waals surface area contributed by atoms with Crippen LogP contribution in [0, 0.1) is 0 Å². The first-order chi connectivity index (χ1) is 27.0. The van der Waals surface area contributed by atoms with Crippen molar-refractivity contribution in [3.63, 3.8) is 0 Å². The quantitative estimate of drug-likeness (QED) is 0.108. The van der Waals surface area contributed by atoms with Gasteiger partial charge in [-0.1, -0.05) is 75.4 Å². The van der Waals surface area contributed by atoms with Gasteiger partial charge in [0.05, 0.1) is 26.9 Å². The number of amides is 1. The molecule has 302 valence electrons. The van der Waals surface area contributed by atoms with E-state index in [2.05, 4.69) is 20.4 Å². The fourth-order valence-corrected chi connectivity index (χ4v) is 7.83. The molecule has 1 aliphatic rings. The monoisotopic (exact) mass is 806 g/mol. The number of nitrogens with one attached hydrogen (secondary N) is 1. The van der Waals surface area contributed by atoms with Gasteiger partial charge in [-0.25, -0.2) is 14.5 Å². The van der Waals surface area contributed by atoms with E-state index in [1.165, 1.54) is 29.6 Å². The molecule has 4 atom stereocenters. The zero-order chi connectivity index (χ0) is 41.2. The number of alkyl halides is 3. The van der Waals surface area contributed by atoms with Gasteiger partial charge < -0.3 is 28.7 Å². The Kier molecular flexibility index (Phi) is 11.8. The number of benzene rings is 3. The Hall–Kier alpha value is -5.36.